The predicted molar refractivity (Wildman–Crippen MR) is 25.3 cm³/mol. The zero-order valence-corrected chi connectivity index (χ0v) is 4.07. The Balaban J connectivity index is 2.13. The van der Waals surface area contributed by atoms with E-state index in [9.17, 15) is 0 Å². The lowest BCUT2D eigenvalue weighted by atomic mass is 10.2. The molecule has 1 radical (unpaired) electrons. The van der Waals surface area contributed by atoms with Crippen LogP contribution in [0.15, 0.2) is 0 Å². The van der Waals surface area contributed by atoms with Crippen LogP contribution in [0.5, 0.6) is 0 Å². The van der Waals surface area contributed by atoms with Crippen LogP contribution in [0.3, 0.4) is 0 Å². The summed E-state index contributed by atoms with van der Waals surface area (Å²) in [4.78, 5) is 0. The van der Waals surface area contributed by atoms with Gasteiger partial charge in [0, 0.05) is 6.04 Å². The Morgan fingerprint density at radius 3 is 2.17 bits per heavy atom. The lowest BCUT2D eigenvalue weighted by molar-refractivity contribution is 0.631. The SMILES string of the molecule is C[C@@H]([NH])C1CC1. The predicted octanol–water partition coefficient (Wildman–Crippen LogP) is 1.07. The first-order valence-electron chi connectivity index (χ1n) is 2.52. The minimum atomic E-state index is 0.213. The fourth-order valence-corrected chi connectivity index (χ4v) is 0.596. The van der Waals surface area contributed by atoms with Gasteiger partial charge in [-0.3, -0.25) is 5.73 Å². The first-order chi connectivity index (χ1) is 2.80. The van der Waals surface area contributed by atoms with Gasteiger partial charge in [-0.2, -0.15) is 0 Å². The number of hydrogen-bond donors (Lipinski definition) is 0. The summed E-state index contributed by atoms with van der Waals surface area (Å²) in [7, 11) is 0. The second-order valence-corrected chi connectivity index (χ2v) is 2.13. The van der Waals surface area contributed by atoms with Crippen LogP contribution in [0.2, 0.25) is 0 Å². The van der Waals surface area contributed by atoms with Crippen LogP contribution in [0.1, 0.15) is 19.8 Å². The third-order valence-electron chi connectivity index (χ3n) is 1.33. The Hall–Kier alpha value is -0.0400. The van der Waals surface area contributed by atoms with Crippen LogP contribution < -0.4 is 5.73 Å². The maximum absolute atomic E-state index is 7.09. The fraction of sp³-hybridized carbons (Fsp3) is 1.00. The highest BCUT2D eigenvalue weighted by Crippen LogP contribution is 2.31. The minimum Gasteiger partial charge on any atom is -0.255 e. The Kier molecular flexibility index (Phi) is 0.845. The standard InChI is InChI=1S/C5H10N/c1-4(6)5-2-3-5/h4-6H,2-3H2,1H3/t4-/m1/s1. The molecule has 1 nitrogen and oxygen atoms in total. The summed E-state index contributed by atoms with van der Waals surface area (Å²) in [6.45, 7) is 1.97. The third-order valence-corrected chi connectivity index (χ3v) is 1.33. The Morgan fingerprint density at radius 2 is 2.17 bits per heavy atom. The largest absolute Gasteiger partial charge is 0.255 e. The average molecular weight is 84.1 g/mol. The number of hydrogen-bond acceptors (Lipinski definition) is 0. The van der Waals surface area contributed by atoms with Gasteiger partial charge in [0.2, 0.25) is 0 Å². The van der Waals surface area contributed by atoms with E-state index in [1.165, 1.54) is 12.8 Å². The summed E-state index contributed by atoms with van der Waals surface area (Å²) in [5.41, 5.74) is 7.09. The molecule has 0 amide bonds. The topological polar surface area (TPSA) is 23.8 Å². The second kappa shape index (κ2) is 1.23. The van der Waals surface area contributed by atoms with Gasteiger partial charge in [-0.25, -0.2) is 0 Å². The average Bonchev–Trinajstić information content (AvgIpc) is 2.06. The number of nitrogens with one attached hydrogen (secondary N) is 1. The molecule has 1 aliphatic rings. The minimum absolute atomic E-state index is 0.213. The van der Waals surface area contributed by atoms with E-state index in [0.29, 0.717) is 0 Å². The highest BCUT2D eigenvalue weighted by molar-refractivity contribution is 4.79. The van der Waals surface area contributed by atoms with Crippen LogP contribution >= 0.6 is 0 Å². The molecule has 0 aromatic heterocycles. The van der Waals surface area contributed by atoms with E-state index in [0.717, 1.165) is 5.92 Å². The zero-order chi connectivity index (χ0) is 4.57. The lowest BCUT2D eigenvalue weighted by Gasteiger charge is -1.93. The number of rotatable bonds is 1. The molecule has 0 spiro atoms. The van der Waals surface area contributed by atoms with Gasteiger partial charge in [0.05, 0.1) is 0 Å². The Bertz CT molecular complexity index is 45.9. The van der Waals surface area contributed by atoms with Crippen molar-refractivity contribution in [1.82, 2.24) is 5.73 Å². The van der Waals surface area contributed by atoms with Crippen molar-refractivity contribution < 1.29 is 0 Å². The first-order valence-corrected chi connectivity index (χ1v) is 2.52. The molecular weight excluding hydrogens is 74.1 g/mol. The van der Waals surface area contributed by atoms with Gasteiger partial charge in [-0.05, 0) is 25.7 Å². The first kappa shape index (κ1) is 4.13. The lowest BCUT2D eigenvalue weighted by Crippen LogP contribution is -2.03. The maximum atomic E-state index is 7.09. The third kappa shape index (κ3) is 0.716. The van der Waals surface area contributed by atoms with Crippen LogP contribution in [0.25, 0.3) is 0 Å². The molecule has 1 heteroatoms. The highest BCUT2D eigenvalue weighted by Gasteiger charge is 2.25. The Labute approximate surface area is 38.5 Å². The van der Waals surface area contributed by atoms with E-state index in [1.54, 1.807) is 0 Å². The van der Waals surface area contributed by atoms with Crippen molar-refractivity contribution in [3.05, 3.63) is 0 Å². The van der Waals surface area contributed by atoms with E-state index in [1.807, 2.05) is 6.92 Å². The van der Waals surface area contributed by atoms with Gasteiger partial charge >= 0.3 is 0 Å². The Morgan fingerprint density at radius 1 is 1.67 bits per heavy atom. The molecule has 0 aromatic rings. The molecule has 35 valence electrons. The molecule has 1 aliphatic carbocycles. The van der Waals surface area contributed by atoms with Crippen LogP contribution in [0, 0.1) is 5.92 Å². The summed E-state index contributed by atoms with van der Waals surface area (Å²) in [5, 5.41) is 0. The smallest absolute Gasteiger partial charge is 0.0213 e. The molecule has 0 aliphatic heterocycles. The molecule has 0 aromatic carbocycles. The van der Waals surface area contributed by atoms with E-state index < -0.39 is 0 Å². The second-order valence-electron chi connectivity index (χ2n) is 2.13. The summed E-state index contributed by atoms with van der Waals surface area (Å²) in [6.07, 6.45) is 2.62. The molecule has 0 bridgehead atoms. The summed E-state index contributed by atoms with van der Waals surface area (Å²) in [5.74, 6) is 0.769. The molecule has 0 heterocycles. The molecule has 1 fully saturated rings. The molecule has 1 rings (SSSR count). The van der Waals surface area contributed by atoms with Crippen molar-refractivity contribution in [3.8, 4) is 0 Å². The molecule has 0 saturated heterocycles. The highest BCUT2D eigenvalue weighted by atomic mass is 14.7. The quantitative estimate of drug-likeness (QED) is 0.454. The monoisotopic (exact) mass is 84.1 g/mol. The molecule has 1 N–H and O–H groups in total. The van der Waals surface area contributed by atoms with Crippen LogP contribution in [-0.2, 0) is 0 Å². The summed E-state index contributed by atoms with van der Waals surface area (Å²) < 4.78 is 0. The van der Waals surface area contributed by atoms with Crippen molar-refractivity contribution >= 4 is 0 Å². The van der Waals surface area contributed by atoms with Crippen LogP contribution in [-0.4, -0.2) is 6.04 Å². The van der Waals surface area contributed by atoms with Crippen molar-refractivity contribution in [2.45, 2.75) is 25.8 Å². The molecule has 1 saturated carbocycles. The van der Waals surface area contributed by atoms with Gasteiger partial charge in [0.15, 0.2) is 0 Å². The molecular formula is C5H10N. The molecule has 0 unspecified atom stereocenters. The van der Waals surface area contributed by atoms with Gasteiger partial charge in [-0.1, -0.05) is 0 Å². The van der Waals surface area contributed by atoms with E-state index in [2.05, 4.69) is 0 Å². The van der Waals surface area contributed by atoms with E-state index in [4.69, 9.17) is 5.73 Å². The van der Waals surface area contributed by atoms with Crippen molar-refractivity contribution in [2.75, 3.05) is 0 Å². The fourth-order valence-electron chi connectivity index (χ4n) is 0.596. The normalized spacial score (nSPS) is 27.0. The van der Waals surface area contributed by atoms with Crippen molar-refractivity contribution in [2.24, 2.45) is 5.92 Å². The summed E-state index contributed by atoms with van der Waals surface area (Å²) >= 11 is 0. The van der Waals surface area contributed by atoms with Crippen LogP contribution in [0.4, 0.5) is 0 Å². The van der Waals surface area contributed by atoms with E-state index >= 15 is 0 Å². The summed E-state index contributed by atoms with van der Waals surface area (Å²) in [6, 6.07) is 0.213. The molecule has 1 atom stereocenters. The van der Waals surface area contributed by atoms with Gasteiger partial charge in [0.25, 0.3) is 0 Å². The van der Waals surface area contributed by atoms with Gasteiger partial charge < -0.3 is 0 Å². The van der Waals surface area contributed by atoms with Gasteiger partial charge in [0.1, 0.15) is 0 Å². The van der Waals surface area contributed by atoms with Crippen molar-refractivity contribution in [1.29, 1.82) is 0 Å². The van der Waals surface area contributed by atoms with Gasteiger partial charge in [-0.15, -0.1) is 0 Å². The molecule has 6 heavy (non-hydrogen) atoms. The van der Waals surface area contributed by atoms with Crippen molar-refractivity contribution in [3.63, 3.8) is 0 Å². The van der Waals surface area contributed by atoms with E-state index in [-0.39, 0.29) is 6.04 Å². The zero-order valence-electron chi connectivity index (χ0n) is 4.07. The maximum Gasteiger partial charge on any atom is 0.0213 e.